The van der Waals surface area contributed by atoms with Gasteiger partial charge in [0.2, 0.25) is 0 Å². The molecule has 132 valence electrons. The smallest absolute Gasteiger partial charge is 0.857 e. The third-order valence-corrected chi connectivity index (χ3v) is 3.17. The van der Waals surface area contributed by atoms with Gasteiger partial charge in [0.15, 0.2) is 0 Å². The van der Waals surface area contributed by atoms with E-state index in [2.05, 4.69) is 40.7 Å². The summed E-state index contributed by atoms with van der Waals surface area (Å²) in [4.78, 5) is 18.7. The van der Waals surface area contributed by atoms with Gasteiger partial charge in [0, 0.05) is 12.8 Å². The second-order valence-electron chi connectivity index (χ2n) is 5.12. The summed E-state index contributed by atoms with van der Waals surface area (Å²) in [6, 6.07) is 0. The molecule has 1 aliphatic rings. The number of carboxylic acids is 2. The summed E-state index contributed by atoms with van der Waals surface area (Å²) in [5.41, 5.74) is 4.39. The summed E-state index contributed by atoms with van der Waals surface area (Å²) >= 11 is 0. The Morgan fingerprint density at radius 2 is 1.26 bits per heavy atom. The number of rotatable bonds is 2. The van der Waals surface area contributed by atoms with E-state index in [1.54, 1.807) is 13.8 Å². The van der Waals surface area contributed by atoms with Crippen LogP contribution in [-0.4, -0.2) is 29.3 Å². The molecule has 0 bridgehead atoms. The predicted molar refractivity (Wildman–Crippen MR) is 86.4 cm³/mol. The Labute approximate surface area is 155 Å². The molecule has 0 saturated carbocycles. The Bertz CT molecular complexity index is 395. The Balaban J connectivity index is -0.000000120. The van der Waals surface area contributed by atoms with Crippen molar-refractivity contribution in [2.45, 2.75) is 61.3 Å². The summed E-state index contributed by atoms with van der Waals surface area (Å²) in [5, 5.41) is 23.7. The fourth-order valence-corrected chi connectivity index (χ4v) is 1.41. The van der Waals surface area contributed by atoms with E-state index >= 15 is 0 Å². The van der Waals surface area contributed by atoms with Crippen LogP contribution < -0.4 is 5.11 Å². The molecular formula is C17H30O5Ti. The van der Waals surface area contributed by atoms with E-state index in [9.17, 15) is 9.59 Å². The molecule has 5 nitrogen and oxygen atoms in total. The molecule has 0 spiro atoms. The first-order valence-corrected chi connectivity index (χ1v) is 7.14. The van der Waals surface area contributed by atoms with Crippen LogP contribution >= 0.6 is 0 Å². The number of allylic oxidation sites excluding steroid dienone is 4. The average molecular weight is 362 g/mol. The first kappa shape index (κ1) is 30.0. The Morgan fingerprint density at radius 3 is 1.30 bits per heavy atom. The van der Waals surface area contributed by atoms with Gasteiger partial charge in [-0.05, 0) is 0 Å². The van der Waals surface area contributed by atoms with Crippen LogP contribution in [0.15, 0.2) is 16.7 Å². The van der Waals surface area contributed by atoms with E-state index in [-0.39, 0.29) is 40.0 Å². The number of hydrogen-bond acceptors (Lipinski definition) is 3. The van der Waals surface area contributed by atoms with E-state index < -0.39 is 11.9 Å². The third kappa shape index (κ3) is 15.8. The standard InChI is InChI=1S/C10H15.2C3H6O2.CH3O.Ti/c1-7-6-10(4,5)9(3)8(7)2;2*1-2-3(4)5;1-2;/h1-5H3;2*2H2,1H3,(H,4,5);1H3;/q-1;;;-1;+2. The average Bonchev–Trinajstić information content (AvgIpc) is 2.64. The molecule has 0 unspecified atom stereocenters. The number of carbonyl (C=O) groups is 2. The van der Waals surface area contributed by atoms with E-state index in [4.69, 9.17) is 15.3 Å². The molecule has 0 aliphatic heterocycles. The molecule has 1 rings (SSSR count). The quantitative estimate of drug-likeness (QED) is 0.581. The van der Waals surface area contributed by atoms with E-state index in [1.165, 1.54) is 16.7 Å². The van der Waals surface area contributed by atoms with Crippen molar-refractivity contribution in [2.75, 3.05) is 7.11 Å². The third-order valence-electron chi connectivity index (χ3n) is 3.17. The summed E-state index contributed by atoms with van der Waals surface area (Å²) in [5.74, 6) is -1.49. The van der Waals surface area contributed by atoms with Gasteiger partial charge in [-0.25, -0.2) is 5.57 Å². The van der Waals surface area contributed by atoms with Crippen molar-refractivity contribution in [3.05, 3.63) is 22.8 Å². The number of aliphatic carboxylic acids is 2. The maximum atomic E-state index is 9.37. The SMILES string of the molecule is CC1=[C-]C(C)(C)C(C)=C1C.CCC(=O)O.CCC(=O)O.C[O-].[Ti+2]. The van der Waals surface area contributed by atoms with Crippen LogP contribution in [-0.2, 0) is 31.3 Å². The van der Waals surface area contributed by atoms with Gasteiger partial charge in [-0.3, -0.25) is 15.7 Å². The van der Waals surface area contributed by atoms with Gasteiger partial charge in [-0.15, -0.1) is 6.92 Å². The molecule has 0 amide bonds. The maximum Gasteiger partial charge on any atom is 2.00 e. The van der Waals surface area contributed by atoms with Gasteiger partial charge in [0.25, 0.3) is 0 Å². The van der Waals surface area contributed by atoms with Gasteiger partial charge < -0.3 is 15.3 Å². The Kier molecular flexibility index (Phi) is 20.8. The monoisotopic (exact) mass is 362 g/mol. The van der Waals surface area contributed by atoms with Crippen LogP contribution in [0.2, 0.25) is 0 Å². The predicted octanol–water partition coefficient (Wildman–Crippen LogP) is 3.05. The minimum atomic E-state index is -0.745. The minimum absolute atomic E-state index is 0. The molecular weight excluding hydrogens is 332 g/mol. The second-order valence-corrected chi connectivity index (χ2v) is 5.12. The van der Waals surface area contributed by atoms with Crippen LogP contribution in [0.4, 0.5) is 0 Å². The van der Waals surface area contributed by atoms with Crippen molar-refractivity contribution in [1.82, 2.24) is 0 Å². The zero-order chi connectivity index (χ0) is 18.5. The number of hydrogen-bond donors (Lipinski definition) is 2. The number of carboxylic acid groups (broad SMARTS) is 2. The second kappa shape index (κ2) is 16.0. The molecule has 6 heteroatoms. The van der Waals surface area contributed by atoms with Crippen LogP contribution in [0.3, 0.4) is 0 Å². The van der Waals surface area contributed by atoms with E-state index in [0.29, 0.717) is 0 Å². The van der Waals surface area contributed by atoms with Crippen LogP contribution in [0.1, 0.15) is 61.3 Å². The van der Waals surface area contributed by atoms with E-state index in [0.717, 1.165) is 7.11 Å². The molecule has 0 fully saturated rings. The minimum Gasteiger partial charge on any atom is -0.857 e. The fraction of sp³-hybridized carbons (Fsp3) is 0.647. The van der Waals surface area contributed by atoms with Gasteiger partial charge in [-0.2, -0.15) is 18.3 Å². The molecule has 0 radical (unpaired) electrons. The molecule has 0 heterocycles. The van der Waals surface area contributed by atoms with Gasteiger partial charge >= 0.3 is 33.7 Å². The maximum absolute atomic E-state index is 9.37. The Morgan fingerprint density at radius 1 is 1.00 bits per heavy atom. The summed E-state index contributed by atoms with van der Waals surface area (Å²) in [6.07, 6.45) is 3.88. The summed E-state index contributed by atoms with van der Waals surface area (Å²) < 4.78 is 0. The van der Waals surface area contributed by atoms with Gasteiger partial charge in [0.1, 0.15) is 0 Å². The molecule has 2 N–H and O–H groups in total. The molecule has 23 heavy (non-hydrogen) atoms. The Hall–Kier alpha value is -0.906. The van der Waals surface area contributed by atoms with Crippen molar-refractivity contribution < 1.29 is 46.6 Å². The van der Waals surface area contributed by atoms with Crippen LogP contribution in [0.25, 0.3) is 0 Å². The van der Waals surface area contributed by atoms with Crippen molar-refractivity contribution in [2.24, 2.45) is 5.41 Å². The van der Waals surface area contributed by atoms with Gasteiger partial charge in [0.05, 0.1) is 0 Å². The van der Waals surface area contributed by atoms with Crippen LogP contribution in [0, 0.1) is 11.5 Å². The first-order chi connectivity index (χ1) is 9.99. The summed E-state index contributed by atoms with van der Waals surface area (Å²) in [6.45, 7) is 14.1. The topological polar surface area (TPSA) is 97.7 Å². The molecule has 0 aromatic heterocycles. The van der Waals surface area contributed by atoms with Gasteiger partial charge in [-0.1, -0.05) is 47.0 Å². The largest absolute Gasteiger partial charge is 2.00 e. The van der Waals surface area contributed by atoms with Crippen LogP contribution in [0.5, 0.6) is 0 Å². The van der Waals surface area contributed by atoms with Crippen molar-refractivity contribution in [3.63, 3.8) is 0 Å². The fourth-order valence-electron chi connectivity index (χ4n) is 1.41. The zero-order valence-corrected chi connectivity index (χ0v) is 17.1. The molecule has 0 aromatic rings. The van der Waals surface area contributed by atoms with Crippen molar-refractivity contribution >= 4 is 11.9 Å². The first-order valence-electron chi connectivity index (χ1n) is 7.14. The molecule has 0 saturated heterocycles. The van der Waals surface area contributed by atoms with Crippen molar-refractivity contribution in [3.8, 4) is 0 Å². The van der Waals surface area contributed by atoms with Crippen molar-refractivity contribution in [1.29, 1.82) is 0 Å². The molecule has 0 atom stereocenters. The zero-order valence-electron chi connectivity index (χ0n) is 15.5. The summed E-state index contributed by atoms with van der Waals surface area (Å²) in [7, 11) is 0.750. The van der Waals surface area contributed by atoms with E-state index in [1.807, 2.05) is 0 Å². The normalized spacial score (nSPS) is 13.7. The molecule has 0 aromatic carbocycles. The molecule has 1 aliphatic carbocycles.